The quantitative estimate of drug-likeness (QED) is 0.475. The molecule has 0 aliphatic heterocycles. The fraction of sp³-hybridized carbons (Fsp3) is 0.174. The molecule has 2 aromatic heterocycles. The molecule has 170 valence electrons. The molecule has 4 rings (SSSR count). The van der Waals surface area contributed by atoms with Crippen LogP contribution in [0.2, 0.25) is 0 Å². The Morgan fingerprint density at radius 1 is 1.06 bits per heavy atom. The van der Waals surface area contributed by atoms with Crippen LogP contribution in [-0.4, -0.2) is 15.0 Å². The molecular weight excluding hydrogens is 455 g/mol. The highest BCUT2D eigenvalue weighted by Gasteiger charge is 2.33. The van der Waals surface area contributed by atoms with Crippen molar-refractivity contribution in [2.24, 2.45) is 0 Å². The topological polar surface area (TPSA) is 73.1 Å². The number of rotatable bonds is 4. The Morgan fingerprint density at radius 2 is 1.79 bits per heavy atom. The summed E-state index contributed by atoms with van der Waals surface area (Å²) in [5.74, 6) is -0.827. The lowest BCUT2D eigenvalue weighted by molar-refractivity contribution is -0.137. The van der Waals surface area contributed by atoms with E-state index in [-0.39, 0.29) is 10.2 Å². The first kappa shape index (κ1) is 22.5. The third-order valence-corrected chi connectivity index (χ3v) is 6.05. The largest absolute Gasteiger partial charge is 0.418 e. The van der Waals surface area contributed by atoms with Crippen LogP contribution in [-0.2, 0) is 17.5 Å². The molecule has 33 heavy (non-hydrogen) atoms. The maximum Gasteiger partial charge on any atom is 0.418 e. The minimum Gasteiger partial charge on any atom is -0.324 e. The molecule has 0 saturated heterocycles. The van der Waals surface area contributed by atoms with Crippen molar-refractivity contribution in [1.29, 1.82) is 0 Å². The number of aromatic nitrogens is 2. The van der Waals surface area contributed by atoms with Gasteiger partial charge in [-0.2, -0.15) is 13.2 Å². The van der Waals surface area contributed by atoms with Crippen molar-refractivity contribution in [3.05, 3.63) is 91.4 Å². The number of aryl methyl sites for hydroxylation is 2. The third kappa shape index (κ3) is 4.21. The van der Waals surface area contributed by atoms with Gasteiger partial charge in [0.15, 0.2) is 0 Å². The van der Waals surface area contributed by atoms with Crippen LogP contribution in [0.15, 0.2) is 63.5 Å². The smallest absolute Gasteiger partial charge is 0.324 e. The van der Waals surface area contributed by atoms with Crippen molar-refractivity contribution in [2.75, 3.05) is 5.32 Å². The van der Waals surface area contributed by atoms with E-state index in [0.29, 0.717) is 11.3 Å². The molecule has 0 spiro atoms. The van der Waals surface area contributed by atoms with Crippen LogP contribution in [0, 0.1) is 13.8 Å². The molecule has 0 atom stereocenters. The van der Waals surface area contributed by atoms with E-state index >= 15 is 0 Å². The Bertz CT molecular complexity index is 1500. The number of thiophene rings is 1. The highest BCUT2D eigenvalue weighted by Crippen LogP contribution is 2.34. The molecule has 0 radical (unpaired) electrons. The molecule has 1 N–H and O–H groups in total. The molecule has 0 unspecified atom stereocenters. The molecule has 0 aliphatic rings. The standard InChI is InChI=1S/C23H18F3N3O3S/c1-13-7-8-17(14(2)11-13)29-21(31)20-18(9-10-33-20)28(22(29)32)12-19(30)27-16-6-4-3-5-15(16)23(24,25)26/h3-11H,12H2,1-2H3,(H,27,30). The highest BCUT2D eigenvalue weighted by molar-refractivity contribution is 7.17. The van der Waals surface area contributed by atoms with Crippen LogP contribution >= 0.6 is 11.3 Å². The van der Waals surface area contributed by atoms with Crippen molar-refractivity contribution in [3.8, 4) is 5.69 Å². The predicted octanol–water partition coefficient (Wildman–Crippen LogP) is 4.49. The monoisotopic (exact) mass is 473 g/mol. The van der Waals surface area contributed by atoms with Crippen molar-refractivity contribution in [3.63, 3.8) is 0 Å². The molecule has 2 heterocycles. The number of nitrogens with zero attached hydrogens (tertiary/aromatic N) is 2. The fourth-order valence-electron chi connectivity index (χ4n) is 3.68. The zero-order valence-corrected chi connectivity index (χ0v) is 18.4. The Hall–Kier alpha value is -3.66. The summed E-state index contributed by atoms with van der Waals surface area (Å²) >= 11 is 1.12. The first-order chi connectivity index (χ1) is 15.6. The Kier molecular flexibility index (Phi) is 5.71. The third-order valence-electron chi connectivity index (χ3n) is 5.16. The summed E-state index contributed by atoms with van der Waals surface area (Å²) in [5, 5.41) is 3.86. The maximum atomic E-state index is 13.3. The van der Waals surface area contributed by atoms with E-state index in [2.05, 4.69) is 5.32 Å². The SMILES string of the molecule is Cc1ccc(-n2c(=O)c3sccc3n(CC(=O)Nc3ccccc3C(F)(F)F)c2=O)c(C)c1. The second-order valence-electron chi connectivity index (χ2n) is 7.53. The van der Waals surface area contributed by atoms with Crippen molar-refractivity contribution < 1.29 is 18.0 Å². The van der Waals surface area contributed by atoms with E-state index in [1.54, 1.807) is 24.4 Å². The molecule has 1 amide bonds. The Morgan fingerprint density at radius 3 is 2.48 bits per heavy atom. The van der Waals surface area contributed by atoms with E-state index in [1.165, 1.54) is 18.2 Å². The van der Waals surface area contributed by atoms with Crippen molar-refractivity contribution >= 4 is 33.1 Å². The fourth-order valence-corrected chi connectivity index (χ4v) is 4.51. The van der Waals surface area contributed by atoms with E-state index in [0.717, 1.165) is 38.2 Å². The Balaban J connectivity index is 1.80. The molecule has 2 aromatic carbocycles. The first-order valence-corrected chi connectivity index (χ1v) is 10.7. The lowest BCUT2D eigenvalue weighted by Crippen LogP contribution is -2.40. The summed E-state index contributed by atoms with van der Waals surface area (Å²) in [7, 11) is 0. The van der Waals surface area contributed by atoms with Gasteiger partial charge in [-0.3, -0.25) is 14.2 Å². The summed E-state index contributed by atoms with van der Waals surface area (Å²) in [4.78, 5) is 39.1. The number of nitrogens with one attached hydrogen (secondary N) is 1. The summed E-state index contributed by atoms with van der Waals surface area (Å²) < 4.78 is 42.1. The minimum absolute atomic E-state index is 0.246. The van der Waals surface area contributed by atoms with Gasteiger partial charge in [0.25, 0.3) is 5.56 Å². The van der Waals surface area contributed by atoms with Gasteiger partial charge in [-0.1, -0.05) is 29.8 Å². The normalized spacial score (nSPS) is 11.7. The Labute approximate surface area is 189 Å². The van der Waals surface area contributed by atoms with E-state index in [9.17, 15) is 27.6 Å². The van der Waals surface area contributed by atoms with Gasteiger partial charge in [-0.25, -0.2) is 9.36 Å². The van der Waals surface area contributed by atoms with E-state index < -0.39 is 41.1 Å². The van der Waals surface area contributed by atoms with E-state index in [1.807, 2.05) is 13.0 Å². The second-order valence-corrected chi connectivity index (χ2v) is 8.44. The number of anilines is 1. The average Bonchev–Trinajstić information content (AvgIpc) is 3.22. The van der Waals surface area contributed by atoms with Gasteiger partial charge in [-0.15, -0.1) is 11.3 Å². The number of para-hydroxylation sites is 1. The predicted molar refractivity (Wildman–Crippen MR) is 121 cm³/mol. The second kappa shape index (κ2) is 8.36. The number of carbonyl (C=O) groups excluding carboxylic acids is 1. The van der Waals surface area contributed by atoms with Crippen LogP contribution in [0.4, 0.5) is 18.9 Å². The maximum absolute atomic E-state index is 13.3. The van der Waals surface area contributed by atoms with Gasteiger partial charge in [0, 0.05) is 0 Å². The van der Waals surface area contributed by atoms with Crippen LogP contribution in [0.5, 0.6) is 0 Å². The molecule has 0 fully saturated rings. The number of carbonyl (C=O) groups is 1. The summed E-state index contributed by atoms with van der Waals surface area (Å²) in [6.07, 6.45) is -4.66. The van der Waals surface area contributed by atoms with Gasteiger partial charge in [0.05, 0.1) is 22.5 Å². The molecule has 4 aromatic rings. The van der Waals surface area contributed by atoms with Gasteiger partial charge in [-0.05, 0) is 49.1 Å². The number of alkyl halides is 3. The van der Waals surface area contributed by atoms with Gasteiger partial charge in [0.1, 0.15) is 11.2 Å². The van der Waals surface area contributed by atoms with Crippen LogP contribution in [0.25, 0.3) is 15.9 Å². The van der Waals surface area contributed by atoms with Gasteiger partial charge in [0.2, 0.25) is 5.91 Å². The van der Waals surface area contributed by atoms with Crippen molar-refractivity contribution in [1.82, 2.24) is 9.13 Å². The molecular formula is C23H18F3N3O3S. The average molecular weight is 473 g/mol. The molecule has 0 aliphatic carbocycles. The zero-order chi connectivity index (χ0) is 23.9. The lowest BCUT2D eigenvalue weighted by Gasteiger charge is -2.16. The van der Waals surface area contributed by atoms with Crippen LogP contribution < -0.4 is 16.6 Å². The number of hydrogen-bond donors (Lipinski definition) is 1. The molecule has 6 nitrogen and oxygen atoms in total. The summed E-state index contributed by atoms with van der Waals surface area (Å²) in [6.45, 7) is 3.07. The van der Waals surface area contributed by atoms with Crippen LogP contribution in [0.3, 0.4) is 0 Å². The minimum atomic E-state index is -4.66. The van der Waals surface area contributed by atoms with Gasteiger partial charge < -0.3 is 5.32 Å². The van der Waals surface area contributed by atoms with E-state index in [4.69, 9.17) is 0 Å². The van der Waals surface area contributed by atoms with Crippen LogP contribution in [0.1, 0.15) is 16.7 Å². The van der Waals surface area contributed by atoms with Crippen molar-refractivity contribution in [2.45, 2.75) is 26.6 Å². The summed E-state index contributed by atoms with van der Waals surface area (Å²) in [5.41, 5.74) is -0.408. The lowest BCUT2D eigenvalue weighted by atomic mass is 10.1. The molecule has 0 saturated carbocycles. The molecule has 0 bridgehead atoms. The first-order valence-electron chi connectivity index (χ1n) is 9.84. The van der Waals surface area contributed by atoms with Gasteiger partial charge >= 0.3 is 11.9 Å². The number of hydrogen-bond acceptors (Lipinski definition) is 4. The number of benzene rings is 2. The number of fused-ring (bicyclic) bond motifs is 1. The number of halogens is 3. The zero-order valence-electron chi connectivity index (χ0n) is 17.6. The highest BCUT2D eigenvalue weighted by atomic mass is 32.1. The summed E-state index contributed by atoms with van der Waals surface area (Å²) in [6, 6.07) is 11.4. The molecule has 10 heteroatoms. The number of amides is 1.